The highest BCUT2D eigenvalue weighted by Crippen LogP contribution is 2.29. The molecule has 0 saturated heterocycles. The zero-order valence-electron chi connectivity index (χ0n) is 12.1. The molecule has 2 N–H and O–H groups in total. The number of nitro benzene ring substituents is 1. The molecule has 0 heterocycles. The second-order valence-electron chi connectivity index (χ2n) is 4.94. The van der Waals surface area contributed by atoms with Gasteiger partial charge in [0.2, 0.25) is 0 Å². The van der Waals surface area contributed by atoms with E-state index in [0.29, 0.717) is 12.8 Å². The van der Waals surface area contributed by atoms with Crippen LogP contribution in [0.1, 0.15) is 37.0 Å². The highest BCUT2D eigenvalue weighted by Gasteiger charge is 2.28. The molecule has 0 saturated carbocycles. The molecular formula is C14H19ClN2O4. The Labute approximate surface area is 128 Å². The molecule has 0 radical (unpaired) electrons. The number of carbonyl (C=O) groups excluding carboxylic acids is 1. The minimum absolute atomic E-state index is 0.0576. The molecule has 0 fully saturated rings. The Balaban J connectivity index is 2.96. The molecule has 0 bridgehead atoms. The van der Waals surface area contributed by atoms with Gasteiger partial charge in [-0.05, 0) is 25.0 Å². The average Bonchev–Trinajstić information content (AvgIpc) is 2.48. The summed E-state index contributed by atoms with van der Waals surface area (Å²) in [4.78, 5) is 22.5. The maximum atomic E-state index is 12.2. The Kier molecular flexibility index (Phi) is 6.11. The molecule has 1 aromatic rings. The number of benzene rings is 1. The van der Waals surface area contributed by atoms with E-state index >= 15 is 0 Å². The molecule has 0 aliphatic carbocycles. The Morgan fingerprint density at radius 1 is 1.43 bits per heavy atom. The van der Waals surface area contributed by atoms with Gasteiger partial charge in [0.05, 0.1) is 11.5 Å². The van der Waals surface area contributed by atoms with Crippen LogP contribution >= 0.6 is 11.6 Å². The zero-order valence-corrected chi connectivity index (χ0v) is 12.8. The van der Waals surface area contributed by atoms with Crippen LogP contribution in [0.15, 0.2) is 18.2 Å². The summed E-state index contributed by atoms with van der Waals surface area (Å²) in [5, 5.41) is 23.1. The van der Waals surface area contributed by atoms with Crippen LogP contribution in [0.25, 0.3) is 0 Å². The Bertz CT molecular complexity index is 521. The number of hydrogen-bond acceptors (Lipinski definition) is 4. The fraction of sp³-hybridized carbons (Fsp3) is 0.500. The van der Waals surface area contributed by atoms with Crippen molar-refractivity contribution >= 4 is 23.2 Å². The van der Waals surface area contributed by atoms with Gasteiger partial charge in [0.15, 0.2) is 0 Å². The molecule has 0 atom stereocenters. The maximum Gasteiger partial charge on any atom is 0.300 e. The molecule has 0 spiro atoms. The summed E-state index contributed by atoms with van der Waals surface area (Å²) in [5.74, 6) is -0.566. The van der Waals surface area contributed by atoms with Crippen molar-refractivity contribution in [2.24, 2.45) is 5.41 Å². The van der Waals surface area contributed by atoms with E-state index in [9.17, 15) is 20.0 Å². The van der Waals surface area contributed by atoms with E-state index in [1.165, 1.54) is 18.2 Å². The maximum absolute atomic E-state index is 12.2. The lowest BCUT2D eigenvalue weighted by atomic mass is 9.83. The van der Waals surface area contributed by atoms with Crippen molar-refractivity contribution in [2.45, 2.75) is 26.7 Å². The number of nitrogens with zero attached hydrogens (tertiary/aromatic N) is 1. The van der Waals surface area contributed by atoms with Gasteiger partial charge in [-0.2, -0.15) is 0 Å². The largest absolute Gasteiger partial charge is 0.396 e. The molecule has 1 aromatic carbocycles. The third-order valence-corrected chi connectivity index (χ3v) is 4.18. The Morgan fingerprint density at radius 3 is 2.52 bits per heavy atom. The summed E-state index contributed by atoms with van der Waals surface area (Å²) in [6.07, 6.45) is 1.38. The van der Waals surface area contributed by atoms with Gasteiger partial charge in [0.25, 0.3) is 5.91 Å². The summed E-state index contributed by atoms with van der Waals surface area (Å²) in [5.41, 5.74) is -0.894. The molecule has 21 heavy (non-hydrogen) atoms. The van der Waals surface area contributed by atoms with Crippen LogP contribution in [0.4, 0.5) is 5.69 Å². The number of rotatable bonds is 7. The number of nitro groups is 1. The number of aliphatic hydroxyl groups is 1. The van der Waals surface area contributed by atoms with Crippen LogP contribution < -0.4 is 5.32 Å². The fourth-order valence-corrected chi connectivity index (χ4v) is 2.27. The van der Waals surface area contributed by atoms with Gasteiger partial charge in [0, 0.05) is 12.0 Å². The third-order valence-electron chi connectivity index (χ3n) is 3.87. The van der Waals surface area contributed by atoms with Crippen molar-refractivity contribution < 1.29 is 14.8 Å². The molecule has 0 unspecified atom stereocenters. The third kappa shape index (κ3) is 3.92. The van der Waals surface area contributed by atoms with Crippen LogP contribution in [-0.4, -0.2) is 29.1 Å². The normalized spacial score (nSPS) is 11.2. The quantitative estimate of drug-likeness (QED) is 0.598. The lowest BCUT2D eigenvalue weighted by Crippen LogP contribution is -2.39. The minimum atomic E-state index is -0.670. The lowest BCUT2D eigenvalue weighted by Gasteiger charge is -2.29. The van der Waals surface area contributed by atoms with E-state index in [1.54, 1.807) is 0 Å². The van der Waals surface area contributed by atoms with Crippen LogP contribution in [0.2, 0.25) is 5.02 Å². The van der Waals surface area contributed by atoms with Crippen LogP contribution in [0, 0.1) is 15.5 Å². The van der Waals surface area contributed by atoms with Crippen molar-refractivity contribution in [1.82, 2.24) is 5.32 Å². The predicted molar refractivity (Wildman–Crippen MR) is 80.5 cm³/mol. The minimum Gasteiger partial charge on any atom is -0.396 e. The second-order valence-corrected chi connectivity index (χ2v) is 5.35. The van der Waals surface area contributed by atoms with Gasteiger partial charge in [-0.1, -0.05) is 31.5 Å². The summed E-state index contributed by atoms with van der Waals surface area (Å²) < 4.78 is 0. The zero-order chi connectivity index (χ0) is 16.0. The Hall–Kier alpha value is -1.66. The molecule has 0 aliphatic rings. The van der Waals surface area contributed by atoms with E-state index in [4.69, 9.17) is 11.6 Å². The van der Waals surface area contributed by atoms with Gasteiger partial charge in [-0.3, -0.25) is 14.9 Å². The van der Waals surface area contributed by atoms with Gasteiger partial charge >= 0.3 is 5.69 Å². The second kappa shape index (κ2) is 7.38. The molecular weight excluding hydrogens is 296 g/mol. The van der Waals surface area contributed by atoms with E-state index in [-0.39, 0.29) is 23.7 Å². The average molecular weight is 315 g/mol. The number of amides is 1. The highest BCUT2D eigenvalue weighted by atomic mass is 35.5. The Morgan fingerprint density at radius 2 is 2.05 bits per heavy atom. The number of halogens is 1. The van der Waals surface area contributed by atoms with Crippen LogP contribution in [0.5, 0.6) is 0 Å². The van der Waals surface area contributed by atoms with Crippen molar-refractivity contribution in [2.75, 3.05) is 13.2 Å². The summed E-state index contributed by atoms with van der Waals surface area (Å²) >= 11 is 5.78. The number of para-hydroxylation sites is 1. The monoisotopic (exact) mass is 314 g/mol. The van der Waals surface area contributed by atoms with E-state index in [2.05, 4.69) is 5.32 Å². The number of aliphatic hydroxyl groups excluding tert-OH is 1. The first-order valence-electron chi connectivity index (χ1n) is 6.72. The predicted octanol–water partition coefficient (Wildman–Crippen LogP) is 2.78. The fourth-order valence-electron chi connectivity index (χ4n) is 2.03. The summed E-state index contributed by atoms with van der Waals surface area (Å²) in [6.45, 7) is 4.04. The molecule has 7 heteroatoms. The topological polar surface area (TPSA) is 92.5 Å². The van der Waals surface area contributed by atoms with Crippen LogP contribution in [0.3, 0.4) is 0 Å². The van der Waals surface area contributed by atoms with Gasteiger partial charge in [-0.25, -0.2) is 0 Å². The SMILES string of the molecule is CCC(CC)(CO)CNC(=O)c1cccc(Cl)c1[N+](=O)[O-]. The first-order chi connectivity index (χ1) is 9.90. The van der Waals surface area contributed by atoms with E-state index < -0.39 is 21.9 Å². The number of carbonyl (C=O) groups is 1. The summed E-state index contributed by atoms with van der Waals surface area (Å²) in [7, 11) is 0. The lowest BCUT2D eigenvalue weighted by molar-refractivity contribution is -0.385. The van der Waals surface area contributed by atoms with Crippen LogP contribution in [-0.2, 0) is 0 Å². The van der Waals surface area contributed by atoms with Crippen molar-refractivity contribution in [3.63, 3.8) is 0 Å². The molecule has 6 nitrogen and oxygen atoms in total. The molecule has 0 aromatic heterocycles. The van der Waals surface area contributed by atoms with Crippen molar-refractivity contribution in [3.8, 4) is 0 Å². The number of hydrogen-bond donors (Lipinski definition) is 2. The highest BCUT2D eigenvalue weighted by molar-refractivity contribution is 6.33. The first kappa shape index (κ1) is 17.4. The first-order valence-corrected chi connectivity index (χ1v) is 7.10. The molecule has 1 amide bonds. The molecule has 1 rings (SSSR count). The number of nitrogens with one attached hydrogen (secondary N) is 1. The smallest absolute Gasteiger partial charge is 0.300 e. The van der Waals surface area contributed by atoms with Crippen molar-refractivity contribution in [1.29, 1.82) is 0 Å². The summed E-state index contributed by atoms with van der Waals surface area (Å²) in [6, 6.07) is 4.22. The standard InChI is InChI=1S/C14H19ClN2O4/c1-3-14(4-2,9-18)8-16-13(19)10-6-5-7-11(15)12(10)17(20)21/h5-7,18H,3-4,8-9H2,1-2H3,(H,16,19). The molecule has 116 valence electrons. The van der Waals surface area contributed by atoms with E-state index in [0.717, 1.165) is 0 Å². The van der Waals surface area contributed by atoms with Gasteiger partial charge in [0.1, 0.15) is 10.6 Å². The van der Waals surface area contributed by atoms with Gasteiger partial charge in [-0.15, -0.1) is 0 Å². The van der Waals surface area contributed by atoms with E-state index in [1.807, 2.05) is 13.8 Å². The van der Waals surface area contributed by atoms with Gasteiger partial charge < -0.3 is 10.4 Å². The molecule has 0 aliphatic heterocycles. The van der Waals surface area contributed by atoms with Crippen molar-refractivity contribution in [3.05, 3.63) is 38.9 Å².